The van der Waals surface area contributed by atoms with E-state index in [1.807, 2.05) is 0 Å². The zero-order valence-electron chi connectivity index (χ0n) is 21.5. The van der Waals surface area contributed by atoms with Gasteiger partial charge in [-0.3, -0.25) is 0 Å². The van der Waals surface area contributed by atoms with Crippen LogP contribution in [0.1, 0.15) is 118 Å². The highest BCUT2D eigenvalue weighted by Gasteiger charge is 2.18. The second-order valence-electron chi connectivity index (χ2n) is 9.58. The first-order valence-corrected chi connectivity index (χ1v) is 13.0. The summed E-state index contributed by atoms with van der Waals surface area (Å²) in [6, 6.07) is 0. The molecule has 0 aliphatic carbocycles. The second-order valence-corrected chi connectivity index (χ2v) is 9.58. The highest BCUT2D eigenvalue weighted by Crippen LogP contribution is 2.12. The molecule has 0 saturated heterocycles. The summed E-state index contributed by atoms with van der Waals surface area (Å²) >= 11 is 0. The summed E-state index contributed by atoms with van der Waals surface area (Å²) in [6.45, 7) is 11.7. The van der Waals surface area contributed by atoms with Crippen molar-refractivity contribution >= 4 is 12.3 Å². The Labute approximate surface area is 197 Å². The maximum absolute atomic E-state index is 12.0. The molecule has 0 radical (unpaired) electrons. The van der Waals surface area contributed by atoms with E-state index < -0.39 is 18.4 Å². The van der Waals surface area contributed by atoms with Crippen LogP contribution >= 0.6 is 0 Å². The minimum atomic E-state index is -0.702. The van der Waals surface area contributed by atoms with Crippen LogP contribution in [-0.2, 0) is 18.9 Å². The molecule has 0 aliphatic rings. The molecule has 0 N–H and O–H groups in total. The van der Waals surface area contributed by atoms with Crippen LogP contribution in [-0.4, -0.2) is 38.2 Å². The molecule has 190 valence electrons. The van der Waals surface area contributed by atoms with Gasteiger partial charge in [-0.2, -0.15) is 0 Å². The molecule has 6 heteroatoms. The van der Waals surface area contributed by atoms with Gasteiger partial charge in [-0.1, -0.05) is 92.4 Å². The van der Waals surface area contributed by atoms with Crippen LogP contribution in [0.5, 0.6) is 0 Å². The Morgan fingerprint density at radius 1 is 0.594 bits per heavy atom. The minimum absolute atomic E-state index is 0.00246. The van der Waals surface area contributed by atoms with Gasteiger partial charge in [0.25, 0.3) is 0 Å². The smallest absolute Gasteiger partial charge is 0.434 e. The van der Waals surface area contributed by atoms with Crippen LogP contribution < -0.4 is 0 Å². The van der Waals surface area contributed by atoms with Gasteiger partial charge in [0.05, 0.1) is 13.2 Å². The highest BCUT2D eigenvalue weighted by molar-refractivity contribution is 5.61. The fourth-order valence-electron chi connectivity index (χ4n) is 3.31. The lowest BCUT2D eigenvalue weighted by molar-refractivity contribution is -0.0203. The van der Waals surface area contributed by atoms with E-state index in [4.69, 9.17) is 18.9 Å². The van der Waals surface area contributed by atoms with E-state index in [9.17, 15) is 9.59 Å². The van der Waals surface area contributed by atoms with E-state index in [0.717, 1.165) is 63.2 Å². The number of unbranched alkanes of at least 4 members (excludes halogenated alkanes) is 7. The van der Waals surface area contributed by atoms with Gasteiger partial charge in [0.1, 0.15) is 12.7 Å². The summed E-state index contributed by atoms with van der Waals surface area (Å²) < 4.78 is 20.8. The zero-order chi connectivity index (χ0) is 24.0. The Morgan fingerprint density at radius 3 is 1.59 bits per heavy atom. The van der Waals surface area contributed by atoms with Crippen molar-refractivity contribution < 1.29 is 28.5 Å². The van der Waals surface area contributed by atoms with Crippen LogP contribution in [0.4, 0.5) is 9.59 Å². The van der Waals surface area contributed by atoms with Crippen molar-refractivity contribution in [2.45, 2.75) is 124 Å². The predicted octanol–water partition coefficient (Wildman–Crippen LogP) is 8.06. The second kappa shape index (κ2) is 21.4. The van der Waals surface area contributed by atoms with Crippen molar-refractivity contribution in [1.82, 2.24) is 0 Å². The van der Waals surface area contributed by atoms with Crippen molar-refractivity contribution in [1.29, 1.82) is 0 Å². The van der Waals surface area contributed by atoms with Crippen LogP contribution in [0.15, 0.2) is 0 Å². The SMILES string of the molecule is CCCCC(COC(=O)OCCCCCCC(C)C)OC(=O)OCCCCCCC(C)C. The molecule has 0 heterocycles. The molecule has 6 nitrogen and oxygen atoms in total. The van der Waals surface area contributed by atoms with Crippen LogP contribution in [0.3, 0.4) is 0 Å². The van der Waals surface area contributed by atoms with Gasteiger partial charge in [0.15, 0.2) is 0 Å². The molecular weight excluding hydrogens is 408 g/mol. The summed E-state index contributed by atoms with van der Waals surface area (Å²) in [5.74, 6) is 1.47. The zero-order valence-corrected chi connectivity index (χ0v) is 21.5. The van der Waals surface area contributed by atoms with Gasteiger partial charge < -0.3 is 18.9 Å². The maximum atomic E-state index is 12.0. The fraction of sp³-hybridized carbons (Fsp3) is 0.923. The summed E-state index contributed by atoms with van der Waals surface area (Å²) in [7, 11) is 0. The summed E-state index contributed by atoms with van der Waals surface area (Å²) in [5.41, 5.74) is 0. The summed E-state index contributed by atoms with van der Waals surface area (Å²) in [5, 5.41) is 0. The number of rotatable bonds is 20. The lowest BCUT2D eigenvalue weighted by atomic mass is 10.0. The first-order valence-electron chi connectivity index (χ1n) is 13.0. The molecule has 0 rings (SSSR count). The molecule has 32 heavy (non-hydrogen) atoms. The third-order valence-corrected chi connectivity index (χ3v) is 5.32. The number of carbonyl (C=O) groups is 2. The number of hydrogen-bond donors (Lipinski definition) is 0. The van der Waals surface area contributed by atoms with Crippen molar-refractivity contribution in [2.24, 2.45) is 11.8 Å². The van der Waals surface area contributed by atoms with E-state index in [-0.39, 0.29) is 6.61 Å². The Balaban J connectivity index is 3.92. The lowest BCUT2D eigenvalue weighted by Crippen LogP contribution is -2.26. The molecule has 0 fully saturated rings. The van der Waals surface area contributed by atoms with Gasteiger partial charge >= 0.3 is 12.3 Å². The van der Waals surface area contributed by atoms with E-state index in [2.05, 4.69) is 34.6 Å². The molecule has 0 bridgehead atoms. The molecule has 1 atom stereocenters. The molecule has 0 amide bonds. The molecule has 1 unspecified atom stereocenters. The molecule has 0 aromatic rings. The highest BCUT2D eigenvalue weighted by atomic mass is 16.7. The third-order valence-electron chi connectivity index (χ3n) is 5.32. The standard InChI is InChI=1S/C26H50O6/c1-6-7-18-24(32-26(28)30-20-15-11-9-13-17-23(4)5)21-31-25(27)29-19-14-10-8-12-16-22(2)3/h22-24H,6-21H2,1-5H3. The Kier molecular flexibility index (Phi) is 20.4. The Morgan fingerprint density at radius 2 is 1.09 bits per heavy atom. The summed E-state index contributed by atoms with van der Waals surface area (Å²) in [4.78, 5) is 23.8. The van der Waals surface area contributed by atoms with Crippen molar-refractivity contribution in [3.8, 4) is 0 Å². The van der Waals surface area contributed by atoms with Gasteiger partial charge in [-0.05, 0) is 37.5 Å². The Hall–Kier alpha value is -1.46. The van der Waals surface area contributed by atoms with Crippen LogP contribution in [0.2, 0.25) is 0 Å². The molecule has 0 aliphatic heterocycles. The normalized spacial score (nSPS) is 12.1. The first-order chi connectivity index (χ1) is 15.3. The fourth-order valence-corrected chi connectivity index (χ4v) is 3.31. The Bertz CT molecular complexity index is 450. The van der Waals surface area contributed by atoms with Gasteiger partial charge in [-0.25, -0.2) is 9.59 Å². The predicted molar refractivity (Wildman–Crippen MR) is 129 cm³/mol. The monoisotopic (exact) mass is 458 g/mol. The van der Waals surface area contributed by atoms with E-state index in [1.165, 1.54) is 25.7 Å². The van der Waals surface area contributed by atoms with Crippen molar-refractivity contribution in [2.75, 3.05) is 19.8 Å². The molecule has 0 aromatic carbocycles. The maximum Gasteiger partial charge on any atom is 0.508 e. The topological polar surface area (TPSA) is 71.1 Å². The third kappa shape index (κ3) is 21.8. The molecule has 0 saturated carbocycles. The van der Waals surface area contributed by atoms with E-state index in [0.29, 0.717) is 19.6 Å². The van der Waals surface area contributed by atoms with Gasteiger partial charge in [0, 0.05) is 0 Å². The molecule has 0 aromatic heterocycles. The number of hydrogen-bond acceptors (Lipinski definition) is 6. The quantitative estimate of drug-likeness (QED) is 0.136. The van der Waals surface area contributed by atoms with E-state index >= 15 is 0 Å². The van der Waals surface area contributed by atoms with Crippen LogP contribution in [0, 0.1) is 11.8 Å². The summed E-state index contributed by atoms with van der Waals surface area (Å²) in [6.07, 6.45) is 11.6. The minimum Gasteiger partial charge on any atom is -0.434 e. The van der Waals surface area contributed by atoms with Crippen molar-refractivity contribution in [3.63, 3.8) is 0 Å². The van der Waals surface area contributed by atoms with Gasteiger partial charge in [-0.15, -0.1) is 0 Å². The molecular formula is C26H50O6. The average molecular weight is 459 g/mol. The number of carbonyl (C=O) groups excluding carboxylic acids is 2. The van der Waals surface area contributed by atoms with Gasteiger partial charge in [0.2, 0.25) is 0 Å². The van der Waals surface area contributed by atoms with Crippen LogP contribution in [0.25, 0.3) is 0 Å². The largest absolute Gasteiger partial charge is 0.508 e. The van der Waals surface area contributed by atoms with E-state index in [1.54, 1.807) is 0 Å². The van der Waals surface area contributed by atoms with Crippen molar-refractivity contribution in [3.05, 3.63) is 0 Å². The molecule has 0 spiro atoms. The first kappa shape index (κ1) is 30.5. The lowest BCUT2D eigenvalue weighted by Gasteiger charge is -2.17. The number of ether oxygens (including phenoxy) is 4. The average Bonchev–Trinajstić information content (AvgIpc) is 2.73.